The Labute approximate surface area is 237 Å². The third-order valence-electron chi connectivity index (χ3n) is 5.61. The summed E-state index contributed by atoms with van der Waals surface area (Å²) in [5.74, 6) is 0.793. The topological polar surface area (TPSA) is 139 Å². The standard InChI is InChI=1S/C27H25N7O2S3/c1-2-16-3-9-19(10-4-16)29-24(36)15-38-27-31-21-12-11-20(13-22(21)39-27)30-23(35)14-37-26-32-25(33-34-26)17-5-7-18(28)8-6-17/h3-13H,2,14-15,28H2,1H3,(H,29,36)(H,30,35)(H,32,33,34). The molecule has 5 rings (SSSR count). The highest BCUT2D eigenvalue weighted by Gasteiger charge is 2.12. The normalized spacial score (nSPS) is 11.0. The van der Waals surface area contributed by atoms with E-state index in [0.717, 1.165) is 32.2 Å². The van der Waals surface area contributed by atoms with Crippen LogP contribution in [0.1, 0.15) is 12.5 Å². The van der Waals surface area contributed by atoms with Gasteiger partial charge in [0.25, 0.3) is 0 Å². The Bertz CT molecular complexity index is 1600. The molecule has 0 aliphatic rings. The summed E-state index contributed by atoms with van der Waals surface area (Å²) in [7, 11) is 0. The van der Waals surface area contributed by atoms with Crippen molar-refractivity contribution in [1.82, 2.24) is 20.2 Å². The number of thiazole rings is 1. The molecule has 0 bridgehead atoms. The van der Waals surface area contributed by atoms with Crippen molar-refractivity contribution in [3.8, 4) is 11.4 Å². The van der Waals surface area contributed by atoms with Crippen LogP contribution < -0.4 is 16.4 Å². The maximum Gasteiger partial charge on any atom is 0.234 e. The third kappa shape index (κ3) is 7.16. The Morgan fingerprint density at radius 2 is 1.59 bits per heavy atom. The van der Waals surface area contributed by atoms with Crippen LogP contribution in [0, 0.1) is 0 Å². The zero-order valence-electron chi connectivity index (χ0n) is 20.9. The van der Waals surface area contributed by atoms with Crippen molar-refractivity contribution in [2.24, 2.45) is 0 Å². The first kappa shape index (κ1) is 26.7. The number of thioether (sulfide) groups is 2. The molecule has 3 aromatic carbocycles. The molecule has 0 unspecified atom stereocenters. The number of aromatic nitrogens is 4. The Kier molecular flexibility index (Phi) is 8.45. The van der Waals surface area contributed by atoms with E-state index in [1.807, 2.05) is 54.6 Å². The Balaban J connectivity index is 1.11. The quantitative estimate of drug-likeness (QED) is 0.123. The van der Waals surface area contributed by atoms with Gasteiger partial charge >= 0.3 is 0 Å². The Morgan fingerprint density at radius 1 is 0.897 bits per heavy atom. The van der Waals surface area contributed by atoms with E-state index in [2.05, 4.69) is 37.7 Å². The average Bonchev–Trinajstić information content (AvgIpc) is 3.58. The lowest BCUT2D eigenvalue weighted by Crippen LogP contribution is -2.14. The number of carbonyl (C=O) groups excluding carboxylic acids is 2. The largest absolute Gasteiger partial charge is 0.399 e. The van der Waals surface area contributed by atoms with Gasteiger partial charge < -0.3 is 16.4 Å². The van der Waals surface area contributed by atoms with Gasteiger partial charge in [-0.25, -0.2) is 9.97 Å². The molecule has 0 aliphatic carbocycles. The summed E-state index contributed by atoms with van der Waals surface area (Å²) in [6.07, 6.45) is 0.960. The van der Waals surface area contributed by atoms with Gasteiger partial charge in [0.15, 0.2) is 10.2 Å². The molecular formula is C27H25N7O2S3. The molecule has 2 heterocycles. The molecule has 12 heteroatoms. The van der Waals surface area contributed by atoms with E-state index in [-0.39, 0.29) is 23.3 Å². The highest BCUT2D eigenvalue weighted by molar-refractivity contribution is 8.01. The van der Waals surface area contributed by atoms with E-state index in [0.29, 0.717) is 22.4 Å². The number of rotatable bonds is 10. The van der Waals surface area contributed by atoms with Crippen molar-refractivity contribution >= 4 is 74.0 Å². The van der Waals surface area contributed by atoms with Crippen LogP contribution in [-0.4, -0.2) is 43.5 Å². The number of hydrogen-bond donors (Lipinski definition) is 4. The summed E-state index contributed by atoms with van der Waals surface area (Å²) in [6.45, 7) is 2.09. The lowest BCUT2D eigenvalue weighted by molar-refractivity contribution is -0.114. The fraction of sp³-hybridized carbons (Fsp3) is 0.148. The summed E-state index contributed by atoms with van der Waals surface area (Å²) in [6, 6.07) is 20.7. The van der Waals surface area contributed by atoms with E-state index < -0.39 is 0 Å². The SMILES string of the molecule is CCc1ccc(NC(=O)CSc2nc3ccc(NC(=O)CSc4n[nH]c(-c5ccc(N)cc5)n4)cc3s2)cc1. The molecule has 2 amide bonds. The average molecular weight is 576 g/mol. The van der Waals surface area contributed by atoms with Crippen molar-refractivity contribution in [1.29, 1.82) is 0 Å². The minimum Gasteiger partial charge on any atom is -0.399 e. The highest BCUT2D eigenvalue weighted by Crippen LogP contribution is 2.31. The third-order valence-corrected chi connectivity index (χ3v) is 8.62. The molecule has 0 fully saturated rings. The maximum atomic E-state index is 12.5. The van der Waals surface area contributed by atoms with E-state index in [9.17, 15) is 9.59 Å². The molecule has 0 atom stereocenters. The molecule has 0 radical (unpaired) electrons. The molecular weight excluding hydrogens is 551 g/mol. The lowest BCUT2D eigenvalue weighted by Gasteiger charge is -2.05. The summed E-state index contributed by atoms with van der Waals surface area (Å²) >= 11 is 4.12. The summed E-state index contributed by atoms with van der Waals surface area (Å²) in [5, 5.41) is 13.4. The number of nitrogens with zero attached hydrogens (tertiary/aromatic N) is 3. The fourth-order valence-electron chi connectivity index (χ4n) is 3.60. The van der Waals surface area contributed by atoms with Crippen molar-refractivity contribution in [2.75, 3.05) is 27.9 Å². The van der Waals surface area contributed by atoms with Gasteiger partial charge in [0.05, 0.1) is 21.7 Å². The van der Waals surface area contributed by atoms with Crippen LogP contribution in [0.2, 0.25) is 0 Å². The number of anilines is 3. The van der Waals surface area contributed by atoms with Crippen molar-refractivity contribution in [3.05, 3.63) is 72.3 Å². The number of benzene rings is 3. The molecule has 39 heavy (non-hydrogen) atoms. The van der Waals surface area contributed by atoms with Gasteiger partial charge in [-0.05, 0) is 66.6 Å². The monoisotopic (exact) mass is 575 g/mol. The predicted octanol–water partition coefficient (Wildman–Crippen LogP) is 5.69. The molecule has 0 saturated heterocycles. The number of fused-ring (bicyclic) bond motifs is 1. The second-order valence-electron chi connectivity index (χ2n) is 8.48. The molecule has 0 saturated carbocycles. The number of H-pyrrole nitrogens is 1. The van der Waals surface area contributed by atoms with Crippen LogP contribution in [0.5, 0.6) is 0 Å². The second kappa shape index (κ2) is 12.3. The zero-order valence-corrected chi connectivity index (χ0v) is 23.4. The zero-order chi connectivity index (χ0) is 27.2. The van der Waals surface area contributed by atoms with Gasteiger partial charge in [0.1, 0.15) is 0 Å². The smallest absolute Gasteiger partial charge is 0.234 e. The first-order valence-electron chi connectivity index (χ1n) is 12.1. The van der Waals surface area contributed by atoms with Crippen LogP contribution in [0.3, 0.4) is 0 Å². The summed E-state index contributed by atoms with van der Waals surface area (Å²) in [5.41, 5.74) is 10.8. The van der Waals surface area contributed by atoms with Gasteiger partial charge in [-0.1, -0.05) is 42.6 Å². The number of amides is 2. The first-order chi connectivity index (χ1) is 18.9. The van der Waals surface area contributed by atoms with Crippen molar-refractivity contribution < 1.29 is 9.59 Å². The number of hydrogen-bond acceptors (Lipinski definition) is 9. The van der Waals surface area contributed by atoms with Gasteiger partial charge in [0, 0.05) is 22.6 Å². The Hall–Kier alpha value is -3.87. The van der Waals surface area contributed by atoms with Crippen LogP contribution in [0.4, 0.5) is 17.1 Å². The lowest BCUT2D eigenvalue weighted by atomic mass is 10.1. The van der Waals surface area contributed by atoms with Gasteiger partial charge in [-0.2, -0.15) is 0 Å². The number of aryl methyl sites for hydroxylation is 1. The molecule has 5 aromatic rings. The first-order valence-corrected chi connectivity index (χ1v) is 14.9. The highest BCUT2D eigenvalue weighted by atomic mass is 32.2. The number of nitrogens with two attached hydrogens (primary N) is 1. The van der Waals surface area contributed by atoms with Crippen LogP contribution in [0.25, 0.3) is 21.6 Å². The van der Waals surface area contributed by atoms with Crippen LogP contribution in [0.15, 0.2) is 76.2 Å². The molecule has 2 aromatic heterocycles. The van der Waals surface area contributed by atoms with E-state index in [1.165, 1.54) is 40.4 Å². The van der Waals surface area contributed by atoms with Gasteiger partial charge in [-0.15, -0.1) is 16.4 Å². The summed E-state index contributed by atoms with van der Waals surface area (Å²) in [4.78, 5) is 33.9. The van der Waals surface area contributed by atoms with Crippen LogP contribution in [-0.2, 0) is 16.0 Å². The molecule has 0 aliphatic heterocycles. The number of aromatic amines is 1. The number of nitrogens with one attached hydrogen (secondary N) is 3. The minimum atomic E-state index is -0.166. The fourth-order valence-corrected chi connectivity index (χ4v) is 6.11. The second-order valence-corrected chi connectivity index (χ2v) is 11.7. The maximum absolute atomic E-state index is 12.5. The molecule has 9 nitrogen and oxygen atoms in total. The van der Waals surface area contributed by atoms with Crippen LogP contribution >= 0.6 is 34.9 Å². The van der Waals surface area contributed by atoms with Gasteiger partial charge in [0.2, 0.25) is 17.0 Å². The predicted molar refractivity (Wildman–Crippen MR) is 160 cm³/mol. The van der Waals surface area contributed by atoms with E-state index in [1.54, 1.807) is 12.1 Å². The molecule has 198 valence electrons. The summed E-state index contributed by atoms with van der Waals surface area (Å²) < 4.78 is 1.72. The van der Waals surface area contributed by atoms with E-state index >= 15 is 0 Å². The Morgan fingerprint density at radius 3 is 2.33 bits per heavy atom. The van der Waals surface area contributed by atoms with Crippen molar-refractivity contribution in [3.63, 3.8) is 0 Å². The van der Waals surface area contributed by atoms with Gasteiger partial charge in [-0.3, -0.25) is 14.7 Å². The minimum absolute atomic E-state index is 0.0825. The number of nitrogen functional groups attached to an aromatic ring is 1. The van der Waals surface area contributed by atoms with Crippen molar-refractivity contribution in [2.45, 2.75) is 22.8 Å². The molecule has 0 spiro atoms. The van der Waals surface area contributed by atoms with E-state index in [4.69, 9.17) is 5.73 Å². The molecule has 5 N–H and O–H groups in total. The number of carbonyl (C=O) groups is 2.